The molecule has 0 aliphatic carbocycles. The molecule has 2 aromatic heterocycles. The Morgan fingerprint density at radius 2 is 2.15 bits per heavy atom. The van der Waals surface area contributed by atoms with Crippen LogP contribution in [0.3, 0.4) is 0 Å². The molecular weight excluding hydrogens is 342 g/mol. The van der Waals surface area contributed by atoms with Crippen molar-refractivity contribution in [2.75, 3.05) is 6.54 Å². The minimum absolute atomic E-state index is 0.113. The van der Waals surface area contributed by atoms with Crippen molar-refractivity contribution in [3.63, 3.8) is 0 Å². The lowest BCUT2D eigenvalue weighted by Gasteiger charge is -2.22. The highest BCUT2D eigenvalue weighted by Crippen LogP contribution is 2.32. The highest BCUT2D eigenvalue weighted by Gasteiger charge is 2.33. The average Bonchev–Trinajstić information content (AvgIpc) is 3.43. The molecule has 4 rings (SSSR count). The molecule has 140 valence electrons. The van der Waals surface area contributed by atoms with E-state index in [1.54, 1.807) is 6.20 Å². The van der Waals surface area contributed by atoms with Gasteiger partial charge in [-0.05, 0) is 26.2 Å². The molecule has 7 nitrogen and oxygen atoms in total. The lowest BCUT2D eigenvalue weighted by atomic mass is 10.2. The molecule has 0 N–H and O–H groups in total. The predicted octanol–water partition coefficient (Wildman–Crippen LogP) is 3.39. The molecule has 27 heavy (non-hydrogen) atoms. The van der Waals surface area contributed by atoms with Crippen LogP contribution >= 0.6 is 0 Å². The van der Waals surface area contributed by atoms with E-state index in [4.69, 9.17) is 4.52 Å². The van der Waals surface area contributed by atoms with Gasteiger partial charge < -0.3 is 14.0 Å². The molecule has 1 fully saturated rings. The first-order chi connectivity index (χ1) is 13.2. The maximum absolute atomic E-state index is 12.7. The van der Waals surface area contributed by atoms with E-state index in [2.05, 4.69) is 19.7 Å². The minimum Gasteiger partial charge on any atom is -0.337 e. The molecule has 1 aliphatic rings. The number of carbonyl (C=O) groups is 1. The Morgan fingerprint density at radius 3 is 2.93 bits per heavy atom. The van der Waals surface area contributed by atoms with Crippen LogP contribution in [-0.2, 0) is 11.3 Å². The van der Waals surface area contributed by atoms with Crippen LogP contribution in [0, 0.1) is 6.92 Å². The summed E-state index contributed by atoms with van der Waals surface area (Å²) in [5, 5.41) is 4.10. The van der Waals surface area contributed by atoms with Crippen LogP contribution in [0.4, 0.5) is 0 Å². The molecular formula is C20H23N5O2. The van der Waals surface area contributed by atoms with Gasteiger partial charge in [0.1, 0.15) is 11.9 Å². The van der Waals surface area contributed by atoms with Gasteiger partial charge in [-0.1, -0.05) is 35.5 Å². The van der Waals surface area contributed by atoms with E-state index in [1.165, 1.54) is 0 Å². The molecule has 0 unspecified atom stereocenters. The third kappa shape index (κ3) is 3.77. The van der Waals surface area contributed by atoms with E-state index in [0.717, 1.165) is 43.7 Å². The van der Waals surface area contributed by atoms with E-state index < -0.39 is 0 Å². The Labute approximate surface area is 158 Å². The van der Waals surface area contributed by atoms with Crippen LogP contribution in [-0.4, -0.2) is 37.0 Å². The van der Waals surface area contributed by atoms with Crippen LogP contribution in [0.5, 0.6) is 0 Å². The van der Waals surface area contributed by atoms with E-state index >= 15 is 0 Å². The standard InChI is InChI=1S/C20H23N5O2/c1-15-21-11-14-24(15)12-6-10-18(26)25-13-5-9-17(25)20-22-19(23-27-20)16-7-3-2-4-8-16/h2-4,7-8,11,14,17H,5-6,9-10,12-13H2,1H3/t17-/m0/s1. The van der Waals surface area contributed by atoms with Gasteiger partial charge in [-0.3, -0.25) is 4.79 Å². The minimum atomic E-state index is -0.113. The summed E-state index contributed by atoms with van der Waals surface area (Å²) in [5.74, 6) is 2.22. The van der Waals surface area contributed by atoms with Gasteiger partial charge in [0.25, 0.3) is 0 Å². The molecule has 1 amide bonds. The molecule has 1 atom stereocenters. The van der Waals surface area contributed by atoms with E-state index in [9.17, 15) is 4.79 Å². The zero-order valence-corrected chi connectivity index (χ0v) is 15.4. The first-order valence-corrected chi connectivity index (χ1v) is 9.38. The molecule has 1 aliphatic heterocycles. The summed E-state index contributed by atoms with van der Waals surface area (Å²) in [6, 6.07) is 9.62. The van der Waals surface area contributed by atoms with Crippen molar-refractivity contribution in [2.24, 2.45) is 0 Å². The lowest BCUT2D eigenvalue weighted by molar-refractivity contribution is -0.132. The second-order valence-corrected chi connectivity index (χ2v) is 6.84. The highest BCUT2D eigenvalue weighted by atomic mass is 16.5. The summed E-state index contributed by atoms with van der Waals surface area (Å²) < 4.78 is 7.56. The SMILES string of the molecule is Cc1nccn1CCCC(=O)N1CCC[C@H]1c1nc(-c2ccccc2)no1. The summed E-state index contributed by atoms with van der Waals surface area (Å²) in [6.07, 6.45) is 6.85. The average molecular weight is 365 g/mol. The van der Waals surface area contributed by atoms with Crippen LogP contribution in [0.2, 0.25) is 0 Å². The second-order valence-electron chi connectivity index (χ2n) is 6.84. The van der Waals surface area contributed by atoms with Crippen molar-refractivity contribution < 1.29 is 9.32 Å². The largest absolute Gasteiger partial charge is 0.337 e. The molecule has 3 heterocycles. The number of benzene rings is 1. The number of rotatable bonds is 6. The Balaban J connectivity index is 1.39. The highest BCUT2D eigenvalue weighted by molar-refractivity contribution is 5.76. The molecule has 1 saturated heterocycles. The summed E-state index contributed by atoms with van der Waals surface area (Å²) in [5.41, 5.74) is 0.916. The van der Waals surface area contributed by atoms with Gasteiger partial charge >= 0.3 is 0 Å². The van der Waals surface area contributed by atoms with Gasteiger partial charge in [-0.25, -0.2) is 4.98 Å². The van der Waals surface area contributed by atoms with Crippen molar-refractivity contribution >= 4 is 5.91 Å². The zero-order chi connectivity index (χ0) is 18.6. The monoisotopic (exact) mass is 365 g/mol. The normalized spacial score (nSPS) is 16.8. The number of carbonyl (C=O) groups excluding carboxylic acids is 1. The Bertz CT molecular complexity index is 902. The van der Waals surface area contributed by atoms with Crippen molar-refractivity contribution in [1.29, 1.82) is 0 Å². The van der Waals surface area contributed by atoms with Gasteiger partial charge in [-0.2, -0.15) is 4.98 Å². The van der Waals surface area contributed by atoms with Gasteiger partial charge in [0, 0.05) is 37.5 Å². The Hall–Kier alpha value is -2.96. The van der Waals surface area contributed by atoms with Crippen molar-refractivity contribution in [2.45, 2.75) is 45.2 Å². The third-order valence-electron chi connectivity index (χ3n) is 5.05. The molecule has 0 bridgehead atoms. The van der Waals surface area contributed by atoms with Crippen LogP contribution in [0.25, 0.3) is 11.4 Å². The van der Waals surface area contributed by atoms with E-state index in [0.29, 0.717) is 18.1 Å². The van der Waals surface area contributed by atoms with Gasteiger partial charge in [0.05, 0.1) is 0 Å². The van der Waals surface area contributed by atoms with Gasteiger partial charge in [-0.15, -0.1) is 0 Å². The fourth-order valence-electron chi connectivity index (χ4n) is 3.58. The first kappa shape index (κ1) is 17.5. The Kier molecular flexibility index (Phi) is 5.00. The predicted molar refractivity (Wildman–Crippen MR) is 99.6 cm³/mol. The molecule has 0 saturated carbocycles. The number of imidazole rings is 1. The van der Waals surface area contributed by atoms with E-state index in [-0.39, 0.29) is 11.9 Å². The van der Waals surface area contributed by atoms with Crippen molar-refractivity contribution in [1.82, 2.24) is 24.6 Å². The quantitative estimate of drug-likeness (QED) is 0.669. The topological polar surface area (TPSA) is 77.1 Å². The number of aryl methyl sites for hydroxylation is 2. The Morgan fingerprint density at radius 1 is 1.30 bits per heavy atom. The van der Waals surface area contributed by atoms with Crippen molar-refractivity contribution in [3.05, 3.63) is 54.4 Å². The fraction of sp³-hybridized carbons (Fsp3) is 0.400. The smallest absolute Gasteiger partial charge is 0.249 e. The molecule has 1 aromatic carbocycles. The number of aromatic nitrogens is 4. The number of likely N-dealkylation sites (tertiary alicyclic amines) is 1. The summed E-state index contributed by atoms with van der Waals surface area (Å²) in [4.78, 5) is 23.4. The maximum atomic E-state index is 12.7. The number of hydrogen-bond donors (Lipinski definition) is 0. The first-order valence-electron chi connectivity index (χ1n) is 9.38. The summed E-state index contributed by atoms with van der Waals surface area (Å²) in [6.45, 7) is 3.52. The fourth-order valence-corrected chi connectivity index (χ4v) is 3.58. The molecule has 0 radical (unpaired) electrons. The summed E-state index contributed by atoms with van der Waals surface area (Å²) >= 11 is 0. The van der Waals surface area contributed by atoms with E-state index in [1.807, 2.05) is 48.4 Å². The molecule has 0 spiro atoms. The third-order valence-corrected chi connectivity index (χ3v) is 5.05. The molecule has 3 aromatic rings. The zero-order valence-electron chi connectivity index (χ0n) is 15.4. The van der Waals surface area contributed by atoms with Crippen LogP contribution in [0.1, 0.15) is 43.4 Å². The maximum Gasteiger partial charge on any atom is 0.249 e. The van der Waals surface area contributed by atoms with Gasteiger partial charge in [0.2, 0.25) is 17.6 Å². The second kappa shape index (κ2) is 7.73. The number of hydrogen-bond acceptors (Lipinski definition) is 5. The van der Waals surface area contributed by atoms with Gasteiger partial charge in [0.15, 0.2) is 0 Å². The van der Waals surface area contributed by atoms with Crippen molar-refractivity contribution in [3.8, 4) is 11.4 Å². The van der Waals surface area contributed by atoms with Crippen LogP contribution in [0.15, 0.2) is 47.2 Å². The molecule has 7 heteroatoms. The number of nitrogens with zero attached hydrogens (tertiary/aromatic N) is 5. The lowest BCUT2D eigenvalue weighted by Crippen LogP contribution is -2.30. The summed E-state index contributed by atoms with van der Waals surface area (Å²) in [7, 11) is 0. The number of amides is 1. The van der Waals surface area contributed by atoms with Crippen LogP contribution < -0.4 is 0 Å².